The van der Waals surface area contributed by atoms with Gasteiger partial charge in [0.15, 0.2) is 0 Å². The lowest BCUT2D eigenvalue weighted by Crippen LogP contribution is -2.28. The van der Waals surface area contributed by atoms with Crippen molar-refractivity contribution in [2.24, 2.45) is 5.92 Å². The summed E-state index contributed by atoms with van der Waals surface area (Å²) in [4.78, 5) is 25.6. The van der Waals surface area contributed by atoms with Gasteiger partial charge in [-0.15, -0.1) is 0 Å². The van der Waals surface area contributed by atoms with Crippen molar-refractivity contribution in [3.63, 3.8) is 0 Å². The molecule has 4 aromatic rings. The molecule has 1 atom stereocenters. The first kappa shape index (κ1) is 21.6. The number of aromatic amines is 1. The van der Waals surface area contributed by atoms with Crippen LogP contribution in [0.5, 0.6) is 5.75 Å². The molecule has 0 saturated heterocycles. The van der Waals surface area contributed by atoms with Gasteiger partial charge in [0.25, 0.3) is 0 Å². The summed E-state index contributed by atoms with van der Waals surface area (Å²) in [6.07, 6.45) is 8.75. The smallest absolute Gasteiger partial charge is 0.227 e. The molecule has 2 aromatic heterocycles. The van der Waals surface area contributed by atoms with Gasteiger partial charge in [-0.1, -0.05) is 30.3 Å². The predicted molar refractivity (Wildman–Crippen MR) is 137 cm³/mol. The van der Waals surface area contributed by atoms with E-state index in [2.05, 4.69) is 25.6 Å². The Balaban J connectivity index is 1.28. The zero-order chi connectivity index (χ0) is 23.6. The van der Waals surface area contributed by atoms with E-state index in [0.29, 0.717) is 6.42 Å². The number of amides is 1. The lowest BCUT2D eigenvalue weighted by Gasteiger charge is -2.22. The van der Waals surface area contributed by atoms with E-state index in [0.717, 1.165) is 70.9 Å². The lowest BCUT2D eigenvalue weighted by atomic mass is 9.86. The molecule has 3 N–H and O–H groups in total. The quantitative estimate of drug-likeness (QED) is 0.335. The Morgan fingerprint density at radius 1 is 0.971 bits per heavy atom. The summed E-state index contributed by atoms with van der Waals surface area (Å²) in [5.41, 5.74) is 4.78. The number of fused-ring (bicyclic) bond motifs is 3. The number of H-pyrrole nitrogens is 1. The first-order valence-corrected chi connectivity index (χ1v) is 12.5. The molecule has 0 radical (unpaired) electrons. The second-order valence-corrected chi connectivity index (χ2v) is 9.47. The zero-order valence-corrected chi connectivity index (χ0v) is 19.6. The van der Waals surface area contributed by atoms with Gasteiger partial charge in [-0.2, -0.15) is 0 Å². The van der Waals surface area contributed by atoms with Crippen molar-refractivity contribution >= 4 is 34.1 Å². The zero-order valence-electron chi connectivity index (χ0n) is 19.6. The van der Waals surface area contributed by atoms with Crippen molar-refractivity contribution in [1.29, 1.82) is 0 Å². The van der Waals surface area contributed by atoms with E-state index >= 15 is 0 Å². The third-order valence-corrected chi connectivity index (χ3v) is 7.12. The van der Waals surface area contributed by atoms with E-state index in [1.807, 2.05) is 54.6 Å². The fraction of sp³-hybridized carbons (Fsp3) is 0.321. The molecule has 2 aliphatic carbocycles. The molecular formula is C28H29N5O2. The molecule has 2 aliphatic rings. The Kier molecular flexibility index (Phi) is 5.82. The molecule has 7 heteroatoms. The van der Waals surface area contributed by atoms with E-state index in [4.69, 9.17) is 4.74 Å². The van der Waals surface area contributed by atoms with Crippen LogP contribution >= 0.6 is 0 Å². The lowest BCUT2D eigenvalue weighted by molar-refractivity contribution is -0.120. The number of rotatable bonds is 6. The Bertz CT molecular complexity index is 1340. The van der Waals surface area contributed by atoms with Gasteiger partial charge in [-0.25, -0.2) is 9.97 Å². The van der Waals surface area contributed by atoms with E-state index in [1.54, 1.807) is 6.33 Å². The molecule has 1 fully saturated rings. The topological polar surface area (TPSA) is 91.9 Å². The maximum atomic E-state index is 13.0. The van der Waals surface area contributed by atoms with Crippen molar-refractivity contribution in [2.45, 2.75) is 51.0 Å². The number of carbonyl (C=O) groups excluding carboxylic acids is 1. The van der Waals surface area contributed by atoms with Gasteiger partial charge in [0, 0.05) is 17.3 Å². The second kappa shape index (κ2) is 9.41. The summed E-state index contributed by atoms with van der Waals surface area (Å²) in [6, 6.07) is 17.7. The van der Waals surface area contributed by atoms with Crippen LogP contribution in [0.25, 0.3) is 11.0 Å². The molecule has 35 heavy (non-hydrogen) atoms. The summed E-state index contributed by atoms with van der Waals surface area (Å²) in [5.74, 6) is 1.53. The highest BCUT2D eigenvalue weighted by atomic mass is 16.5. The van der Waals surface area contributed by atoms with E-state index < -0.39 is 0 Å². The van der Waals surface area contributed by atoms with Gasteiger partial charge >= 0.3 is 0 Å². The molecule has 178 valence electrons. The van der Waals surface area contributed by atoms with E-state index in [9.17, 15) is 4.79 Å². The van der Waals surface area contributed by atoms with Crippen LogP contribution in [0.15, 0.2) is 60.9 Å². The molecule has 1 saturated carbocycles. The first-order chi connectivity index (χ1) is 17.2. The summed E-state index contributed by atoms with van der Waals surface area (Å²) in [7, 11) is 0. The van der Waals surface area contributed by atoms with Crippen LogP contribution in [0.1, 0.15) is 43.4 Å². The average Bonchev–Trinajstić information content (AvgIpc) is 3.53. The number of benzene rings is 2. The monoisotopic (exact) mass is 467 g/mol. The standard InChI is InChI=1S/C28H29N5O2/c34-28(31-19-8-2-1-3-9-19)18-14-15-22-21(16-18)25-26(32-22)29-17-30-27(25)33-23-12-6-7-13-24(23)35-20-10-4-5-11-20/h1-3,6-9,12-13,17-18,20H,4-5,10-11,14-16H2,(H,31,34)(H2,29,30,32,33)/t18-/m0/s1. The first-order valence-electron chi connectivity index (χ1n) is 12.5. The van der Waals surface area contributed by atoms with Gasteiger partial charge in [0.05, 0.1) is 17.2 Å². The maximum absolute atomic E-state index is 13.0. The van der Waals surface area contributed by atoms with Crippen molar-refractivity contribution < 1.29 is 9.53 Å². The van der Waals surface area contributed by atoms with E-state index in [-0.39, 0.29) is 17.9 Å². The molecule has 7 nitrogen and oxygen atoms in total. The molecule has 2 aromatic carbocycles. The minimum atomic E-state index is -0.104. The minimum absolute atomic E-state index is 0.0536. The highest BCUT2D eigenvalue weighted by Gasteiger charge is 2.29. The molecule has 0 unspecified atom stereocenters. The van der Waals surface area contributed by atoms with Gasteiger partial charge in [-0.3, -0.25) is 4.79 Å². The van der Waals surface area contributed by atoms with Crippen LogP contribution in [0.4, 0.5) is 17.2 Å². The van der Waals surface area contributed by atoms with Crippen molar-refractivity contribution in [1.82, 2.24) is 15.0 Å². The van der Waals surface area contributed by atoms with Gasteiger partial charge < -0.3 is 20.4 Å². The second-order valence-electron chi connectivity index (χ2n) is 9.47. The minimum Gasteiger partial charge on any atom is -0.488 e. The SMILES string of the molecule is O=C(Nc1ccccc1)[C@H]1CCc2[nH]c3ncnc(Nc4ccccc4OC4CCCC4)c3c2C1. The van der Waals surface area contributed by atoms with Gasteiger partial charge in [0.1, 0.15) is 23.5 Å². The molecule has 0 bridgehead atoms. The summed E-state index contributed by atoms with van der Waals surface area (Å²) >= 11 is 0. The molecule has 0 aliphatic heterocycles. The van der Waals surface area contributed by atoms with Crippen LogP contribution in [-0.2, 0) is 17.6 Å². The number of ether oxygens (including phenoxy) is 1. The van der Waals surface area contributed by atoms with Gasteiger partial charge in [0.2, 0.25) is 5.91 Å². The van der Waals surface area contributed by atoms with Gasteiger partial charge in [-0.05, 0) is 74.8 Å². The number of para-hydroxylation sites is 3. The number of nitrogens with zero attached hydrogens (tertiary/aromatic N) is 2. The van der Waals surface area contributed by atoms with E-state index in [1.165, 1.54) is 12.8 Å². The summed E-state index contributed by atoms with van der Waals surface area (Å²) in [5, 5.41) is 7.53. The van der Waals surface area contributed by atoms with Crippen LogP contribution in [0.2, 0.25) is 0 Å². The highest BCUT2D eigenvalue weighted by Crippen LogP contribution is 2.37. The third kappa shape index (κ3) is 4.46. The molecule has 2 heterocycles. The van der Waals surface area contributed by atoms with Crippen LogP contribution in [0.3, 0.4) is 0 Å². The highest BCUT2D eigenvalue weighted by molar-refractivity contribution is 5.96. The number of nitrogens with one attached hydrogen (secondary N) is 3. The maximum Gasteiger partial charge on any atom is 0.227 e. The third-order valence-electron chi connectivity index (χ3n) is 7.12. The fourth-order valence-corrected chi connectivity index (χ4v) is 5.31. The summed E-state index contributed by atoms with van der Waals surface area (Å²) < 4.78 is 6.32. The number of anilines is 3. The molecule has 0 spiro atoms. The number of hydrogen-bond acceptors (Lipinski definition) is 5. The number of aromatic nitrogens is 3. The Labute approximate surface area is 204 Å². The number of aryl methyl sites for hydroxylation is 1. The van der Waals surface area contributed by atoms with Crippen LogP contribution < -0.4 is 15.4 Å². The van der Waals surface area contributed by atoms with Crippen LogP contribution in [-0.4, -0.2) is 27.0 Å². The fourth-order valence-electron chi connectivity index (χ4n) is 5.31. The largest absolute Gasteiger partial charge is 0.488 e. The molecular weight excluding hydrogens is 438 g/mol. The Morgan fingerprint density at radius 3 is 2.63 bits per heavy atom. The average molecular weight is 468 g/mol. The number of carbonyl (C=O) groups is 1. The predicted octanol–water partition coefficient (Wildman–Crippen LogP) is 5.77. The number of hydrogen-bond donors (Lipinski definition) is 3. The molecule has 6 rings (SSSR count). The van der Waals surface area contributed by atoms with Crippen LogP contribution in [0, 0.1) is 5.92 Å². The van der Waals surface area contributed by atoms with Crippen molar-refractivity contribution in [3.05, 3.63) is 72.2 Å². The van der Waals surface area contributed by atoms with Crippen molar-refractivity contribution in [2.75, 3.05) is 10.6 Å². The summed E-state index contributed by atoms with van der Waals surface area (Å²) in [6.45, 7) is 0. The Morgan fingerprint density at radius 2 is 1.77 bits per heavy atom. The molecule has 1 amide bonds. The normalized spacial score (nSPS) is 17.8. The Hall–Kier alpha value is -3.87. The van der Waals surface area contributed by atoms with Crippen molar-refractivity contribution in [3.8, 4) is 5.75 Å².